The molecule has 2 atom stereocenters. The van der Waals surface area contributed by atoms with Crippen molar-refractivity contribution < 1.29 is 4.42 Å². The van der Waals surface area contributed by atoms with Crippen molar-refractivity contribution in [1.82, 2.24) is 15.0 Å². The van der Waals surface area contributed by atoms with E-state index >= 15 is 0 Å². The van der Waals surface area contributed by atoms with Crippen LogP contribution in [0, 0.1) is 12.8 Å². The van der Waals surface area contributed by atoms with Crippen LogP contribution in [-0.4, -0.2) is 15.0 Å². The van der Waals surface area contributed by atoms with Gasteiger partial charge in [-0.15, -0.1) is 0 Å². The van der Waals surface area contributed by atoms with Gasteiger partial charge in [0.15, 0.2) is 11.6 Å². The summed E-state index contributed by atoms with van der Waals surface area (Å²) in [5.41, 5.74) is 13.5. The van der Waals surface area contributed by atoms with Crippen LogP contribution in [0.15, 0.2) is 196 Å². The van der Waals surface area contributed by atoms with Gasteiger partial charge in [-0.3, -0.25) is 0 Å². The van der Waals surface area contributed by atoms with E-state index in [9.17, 15) is 0 Å². The standard InChI is InChI=1S/C54H42N4OS/c1-5-17-45(55-54-57-52(37-20-11-8-12-21-37)56-53(58-54)38-28-26-36(27-29-38)35-18-9-7-10-19-35)39(6-2)49-34(4)51-44(41-22-13-15-24-46(41)59-51)32-43(49)40-30-31-48-50(33(40)3)42-23-14-16-25-47(42)60-48/h5-33,50H,2H2,1,3-4H3,(H,55,56,57,58)/b17-5-,45-39-. The van der Waals surface area contributed by atoms with Crippen LogP contribution in [0.1, 0.15) is 42.0 Å². The van der Waals surface area contributed by atoms with E-state index in [0.717, 1.165) is 72.2 Å². The number of allylic oxidation sites excluding steroid dienone is 8. The van der Waals surface area contributed by atoms with E-state index < -0.39 is 0 Å². The molecule has 0 amide bonds. The Morgan fingerprint density at radius 2 is 1.35 bits per heavy atom. The van der Waals surface area contributed by atoms with Crippen molar-refractivity contribution >= 4 is 50.8 Å². The third kappa shape index (κ3) is 6.59. The zero-order chi connectivity index (χ0) is 40.7. The maximum absolute atomic E-state index is 6.66. The smallest absolute Gasteiger partial charge is 0.231 e. The fraction of sp³-hybridized carbons (Fsp3) is 0.0926. The second kappa shape index (κ2) is 15.6. The molecule has 2 unspecified atom stereocenters. The van der Waals surface area contributed by atoms with Gasteiger partial charge in [0.05, 0.1) is 0 Å². The average Bonchev–Trinajstić information content (AvgIpc) is 3.87. The minimum Gasteiger partial charge on any atom is -0.456 e. The summed E-state index contributed by atoms with van der Waals surface area (Å²) in [5.74, 6) is 2.08. The number of rotatable bonds is 9. The normalized spacial score (nSPS) is 16.3. The number of para-hydroxylation sites is 1. The first kappa shape index (κ1) is 37.3. The van der Waals surface area contributed by atoms with Gasteiger partial charge in [-0.1, -0.05) is 171 Å². The second-order valence-electron chi connectivity index (χ2n) is 15.3. The number of nitrogens with zero attached hydrogens (tertiary/aromatic N) is 3. The highest BCUT2D eigenvalue weighted by Gasteiger charge is 2.37. The molecular weight excluding hydrogens is 753 g/mol. The predicted molar refractivity (Wildman–Crippen MR) is 250 cm³/mol. The van der Waals surface area contributed by atoms with Gasteiger partial charge < -0.3 is 9.73 Å². The van der Waals surface area contributed by atoms with Gasteiger partial charge in [-0.05, 0) is 82.3 Å². The number of fused-ring (bicyclic) bond motifs is 6. The minimum atomic E-state index is 0.215. The molecule has 3 heterocycles. The molecule has 0 saturated carbocycles. The summed E-state index contributed by atoms with van der Waals surface area (Å²) in [6.07, 6.45) is 10.7. The molecule has 1 N–H and O–H groups in total. The Labute approximate surface area is 354 Å². The number of benzene rings is 6. The summed E-state index contributed by atoms with van der Waals surface area (Å²) < 4.78 is 6.66. The van der Waals surface area contributed by atoms with Gasteiger partial charge in [0.1, 0.15) is 11.2 Å². The van der Waals surface area contributed by atoms with E-state index in [2.05, 4.69) is 135 Å². The van der Waals surface area contributed by atoms with Crippen LogP contribution >= 0.6 is 11.8 Å². The van der Waals surface area contributed by atoms with Crippen molar-refractivity contribution in [2.24, 2.45) is 5.92 Å². The first-order chi connectivity index (χ1) is 29.5. The number of hydrogen-bond acceptors (Lipinski definition) is 6. The molecule has 0 spiro atoms. The quantitative estimate of drug-likeness (QED) is 0.147. The third-order valence-electron chi connectivity index (χ3n) is 11.7. The van der Waals surface area contributed by atoms with Gasteiger partial charge in [-0.25, -0.2) is 4.98 Å². The molecule has 60 heavy (non-hydrogen) atoms. The molecule has 1 aliphatic heterocycles. The lowest BCUT2D eigenvalue weighted by molar-refractivity contribution is 0.644. The second-order valence-corrected chi connectivity index (χ2v) is 16.4. The Kier molecular flexibility index (Phi) is 9.70. The number of aryl methyl sites for hydroxylation is 1. The number of nitrogens with one attached hydrogen (secondary N) is 1. The number of furan rings is 1. The molecule has 0 bridgehead atoms. The Morgan fingerprint density at radius 3 is 2.08 bits per heavy atom. The van der Waals surface area contributed by atoms with Crippen LogP contribution in [0.4, 0.5) is 5.95 Å². The predicted octanol–water partition coefficient (Wildman–Crippen LogP) is 14.5. The molecular formula is C54H42N4OS. The molecule has 10 rings (SSSR count). The largest absolute Gasteiger partial charge is 0.456 e. The Hall–Kier alpha value is -7.02. The third-order valence-corrected chi connectivity index (χ3v) is 12.9. The Morgan fingerprint density at radius 1 is 0.717 bits per heavy atom. The molecule has 0 radical (unpaired) electrons. The topological polar surface area (TPSA) is 63.8 Å². The summed E-state index contributed by atoms with van der Waals surface area (Å²) in [7, 11) is 0. The molecule has 2 aromatic heterocycles. The highest BCUT2D eigenvalue weighted by atomic mass is 32.2. The molecule has 2 aliphatic rings. The van der Waals surface area contributed by atoms with E-state index in [1.807, 2.05) is 79.4 Å². The SMILES string of the molecule is C=C/C(=C(\C=C/C)Nc1nc(-c2ccccc2)nc(-c2ccc(-c3ccccc3)cc2)n1)c1c(C2=CC=C3Sc4ccccc4C3C2C)cc2c(oc3ccccc32)c1C. The number of hydrogen-bond donors (Lipinski definition) is 1. The zero-order valence-corrected chi connectivity index (χ0v) is 34.5. The maximum atomic E-state index is 6.66. The summed E-state index contributed by atoms with van der Waals surface area (Å²) in [5, 5.41) is 5.88. The minimum absolute atomic E-state index is 0.215. The van der Waals surface area contributed by atoms with Crippen LogP contribution in [-0.2, 0) is 0 Å². The van der Waals surface area contributed by atoms with E-state index in [1.54, 1.807) is 0 Å². The fourth-order valence-corrected chi connectivity index (χ4v) is 10.1. The van der Waals surface area contributed by atoms with Crippen molar-refractivity contribution in [3.8, 4) is 33.9 Å². The van der Waals surface area contributed by atoms with E-state index in [1.165, 1.54) is 20.9 Å². The average molecular weight is 795 g/mol. The molecule has 5 nitrogen and oxygen atoms in total. The van der Waals surface area contributed by atoms with Crippen molar-refractivity contribution in [3.63, 3.8) is 0 Å². The Bertz CT molecular complexity index is 3080. The van der Waals surface area contributed by atoms with E-state index in [-0.39, 0.29) is 11.8 Å². The monoisotopic (exact) mass is 794 g/mol. The molecule has 6 heteroatoms. The van der Waals surface area contributed by atoms with Crippen molar-refractivity contribution in [3.05, 3.63) is 209 Å². The van der Waals surface area contributed by atoms with Crippen LogP contribution in [0.25, 0.3) is 67.0 Å². The molecule has 290 valence electrons. The first-order valence-electron chi connectivity index (χ1n) is 20.4. The summed E-state index contributed by atoms with van der Waals surface area (Å²) in [6.45, 7) is 11.0. The molecule has 6 aromatic carbocycles. The zero-order valence-electron chi connectivity index (χ0n) is 33.7. The van der Waals surface area contributed by atoms with Crippen LogP contribution in [0.5, 0.6) is 0 Å². The van der Waals surface area contributed by atoms with E-state index in [4.69, 9.17) is 19.4 Å². The lowest BCUT2D eigenvalue weighted by atomic mass is 9.74. The number of anilines is 1. The van der Waals surface area contributed by atoms with Gasteiger partial charge in [0.2, 0.25) is 5.95 Å². The lowest BCUT2D eigenvalue weighted by Crippen LogP contribution is -2.15. The molecule has 0 saturated heterocycles. The summed E-state index contributed by atoms with van der Waals surface area (Å²) in [4.78, 5) is 17.8. The highest BCUT2D eigenvalue weighted by molar-refractivity contribution is 8.03. The number of thioether (sulfide) groups is 1. The van der Waals surface area contributed by atoms with Gasteiger partial charge in [0.25, 0.3) is 0 Å². The van der Waals surface area contributed by atoms with E-state index in [0.29, 0.717) is 17.6 Å². The van der Waals surface area contributed by atoms with Crippen molar-refractivity contribution in [2.75, 3.05) is 5.32 Å². The highest BCUT2D eigenvalue weighted by Crippen LogP contribution is 2.57. The van der Waals surface area contributed by atoms with Crippen LogP contribution < -0.4 is 5.32 Å². The molecule has 1 aliphatic carbocycles. The van der Waals surface area contributed by atoms with Crippen molar-refractivity contribution in [2.45, 2.75) is 31.6 Å². The fourth-order valence-electron chi connectivity index (χ4n) is 8.81. The van der Waals surface area contributed by atoms with Gasteiger partial charge in [-0.2, -0.15) is 9.97 Å². The lowest BCUT2D eigenvalue weighted by Gasteiger charge is -2.30. The van der Waals surface area contributed by atoms with Crippen molar-refractivity contribution in [1.29, 1.82) is 0 Å². The number of aromatic nitrogens is 3. The summed E-state index contributed by atoms with van der Waals surface area (Å²) in [6, 6.07) is 48.3. The first-order valence-corrected chi connectivity index (χ1v) is 21.2. The summed E-state index contributed by atoms with van der Waals surface area (Å²) >= 11 is 1.89. The van der Waals surface area contributed by atoms with Gasteiger partial charge in [0, 0.05) is 49.5 Å². The molecule has 0 fully saturated rings. The molecule has 8 aromatic rings. The Balaban J connectivity index is 1.14. The van der Waals surface area contributed by atoms with Crippen LogP contribution in [0.2, 0.25) is 0 Å². The van der Waals surface area contributed by atoms with Gasteiger partial charge >= 0.3 is 0 Å². The van der Waals surface area contributed by atoms with Crippen LogP contribution in [0.3, 0.4) is 0 Å². The maximum Gasteiger partial charge on any atom is 0.231 e.